The van der Waals surface area contributed by atoms with Gasteiger partial charge in [0.25, 0.3) is 0 Å². The zero-order valence-electron chi connectivity index (χ0n) is 12.8. The zero-order valence-corrected chi connectivity index (χ0v) is 12.8. The second-order valence-electron chi connectivity index (χ2n) is 5.43. The third kappa shape index (κ3) is 3.80. The van der Waals surface area contributed by atoms with E-state index >= 15 is 0 Å². The smallest absolute Gasteiger partial charge is 0.327 e. The lowest BCUT2D eigenvalue weighted by atomic mass is 9.78. The number of carbonyl (C=O) groups excluding carboxylic acids is 3. The Morgan fingerprint density at radius 1 is 1.33 bits per heavy atom. The van der Waals surface area contributed by atoms with Gasteiger partial charge in [-0.25, -0.2) is 0 Å². The summed E-state index contributed by atoms with van der Waals surface area (Å²) in [5.41, 5.74) is -0.863. The van der Waals surface area contributed by atoms with Crippen LogP contribution < -0.4 is 0 Å². The maximum Gasteiger partial charge on any atom is 0.327 e. The molecule has 0 N–H and O–H groups in total. The van der Waals surface area contributed by atoms with E-state index in [1.54, 1.807) is 13.0 Å². The molecule has 1 saturated carbocycles. The Hall–Kier alpha value is -1.91. The molecule has 1 rings (SSSR count). The predicted molar refractivity (Wildman–Crippen MR) is 77.4 cm³/mol. The first-order valence-corrected chi connectivity index (χ1v) is 6.89. The molecule has 1 aliphatic rings. The molecule has 1 atom stereocenters. The topological polar surface area (TPSA) is 69.7 Å². The minimum absolute atomic E-state index is 0.000859. The van der Waals surface area contributed by atoms with E-state index in [0.29, 0.717) is 18.4 Å². The average Bonchev–Trinajstić information content (AvgIpc) is 2.46. The Kier molecular flexibility index (Phi) is 5.88. The number of hydrogen-bond acceptors (Lipinski definition) is 5. The van der Waals surface area contributed by atoms with E-state index in [0.717, 1.165) is 6.42 Å². The van der Waals surface area contributed by atoms with Gasteiger partial charge in [0.05, 0.1) is 14.2 Å². The maximum absolute atomic E-state index is 12.1. The van der Waals surface area contributed by atoms with E-state index in [9.17, 15) is 14.4 Å². The van der Waals surface area contributed by atoms with Gasteiger partial charge in [0.15, 0.2) is 5.41 Å². The van der Waals surface area contributed by atoms with Crippen LogP contribution in [-0.2, 0) is 23.9 Å². The number of Topliss-reactive ketones (excluding diaryl/α,β-unsaturated/α-hetero) is 1. The Labute approximate surface area is 125 Å². The molecular formula is C16H22O5. The van der Waals surface area contributed by atoms with Crippen molar-refractivity contribution in [3.05, 3.63) is 24.3 Å². The molecule has 0 amide bonds. The highest BCUT2D eigenvalue weighted by molar-refractivity contribution is 6.02. The highest BCUT2D eigenvalue weighted by atomic mass is 16.5. The fourth-order valence-corrected chi connectivity index (χ4v) is 2.41. The number of ether oxygens (including phenoxy) is 2. The number of esters is 2. The fourth-order valence-electron chi connectivity index (χ4n) is 2.41. The first-order chi connectivity index (χ1) is 9.87. The van der Waals surface area contributed by atoms with Gasteiger partial charge in [-0.1, -0.05) is 17.7 Å². The zero-order chi connectivity index (χ0) is 16.0. The third-order valence-corrected chi connectivity index (χ3v) is 3.70. The van der Waals surface area contributed by atoms with Crippen molar-refractivity contribution in [2.24, 2.45) is 11.3 Å². The van der Waals surface area contributed by atoms with Crippen LogP contribution in [0, 0.1) is 11.3 Å². The van der Waals surface area contributed by atoms with E-state index in [1.807, 2.05) is 0 Å². The number of allylic oxidation sites excluding steroid dienone is 2. The van der Waals surface area contributed by atoms with Gasteiger partial charge in [-0.15, -0.1) is 6.58 Å². The summed E-state index contributed by atoms with van der Waals surface area (Å²) < 4.78 is 9.52. The quantitative estimate of drug-likeness (QED) is 0.409. The Bertz CT molecular complexity index is 459. The maximum atomic E-state index is 12.1. The van der Waals surface area contributed by atoms with E-state index in [1.165, 1.54) is 20.3 Å². The van der Waals surface area contributed by atoms with Gasteiger partial charge in [0.2, 0.25) is 0 Å². The highest BCUT2D eigenvalue weighted by Crippen LogP contribution is 2.33. The minimum Gasteiger partial charge on any atom is -0.468 e. The summed E-state index contributed by atoms with van der Waals surface area (Å²) in [5.74, 6) is -1.15. The van der Waals surface area contributed by atoms with E-state index < -0.39 is 17.4 Å². The SMILES string of the molecule is C=C(C)CC(/C=C/CC1CCC1=O)(C(=O)OC)C(=O)OC. The second kappa shape index (κ2) is 7.20. The lowest BCUT2D eigenvalue weighted by Crippen LogP contribution is -2.40. The molecule has 0 aromatic heterocycles. The van der Waals surface area contributed by atoms with Crippen molar-refractivity contribution < 1.29 is 23.9 Å². The first-order valence-electron chi connectivity index (χ1n) is 6.89. The number of hydrogen-bond donors (Lipinski definition) is 0. The summed E-state index contributed by atoms with van der Waals surface area (Å²) in [6, 6.07) is 0. The van der Waals surface area contributed by atoms with Crippen molar-refractivity contribution in [1.82, 2.24) is 0 Å². The largest absolute Gasteiger partial charge is 0.468 e. The molecule has 1 unspecified atom stereocenters. The van der Waals surface area contributed by atoms with Crippen LogP contribution >= 0.6 is 0 Å². The molecule has 0 aromatic rings. The van der Waals surface area contributed by atoms with E-state index in [2.05, 4.69) is 6.58 Å². The van der Waals surface area contributed by atoms with Gasteiger partial charge in [-0.2, -0.15) is 0 Å². The average molecular weight is 294 g/mol. The van der Waals surface area contributed by atoms with Crippen molar-refractivity contribution in [3.63, 3.8) is 0 Å². The first kappa shape index (κ1) is 17.1. The normalized spacial score (nSPS) is 18.2. The van der Waals surface area contributed by atoms with E-state index in [-0.39, 0.29) is 18.1 Å². The van der Waals surface area contributed by atoms with Gasteiger partial charge in [-0.3, -0.25) is 14.4 Å². The molecule has 1 fully saturated rings. The molecule has 21 heavy (non-hydrogen) atoms. The van der Waals surface area contributed by atoms with Crippen LogP contribution in [0.15, 0.2) is 24.3 Å². The molecule has 5 nitrogen and oxygen atoms in total. The molecule has 0 heterocycles. The highest BCUT2D eigenvalue weighted by Gasteiger charge is 2.46. The van der Waals surface area contributed by atoms with Gasteiger partial charge >= 0.3 is 11.9 Å². The standard InChI is InChI=1S/C16H22O5/c1-11(2)10-16(14(18)20-3,15(19)21-4)9-5-6-12-7-8-13(12)17/h5,9,12H,1,6-8,10H2,2-4H3/b9-5+. The van der Waals surface area contributed by atoms with Crippen molar-refractivity contribution in [1.29, 1.82) is 0 Å². The third-order valence-electron chi connectivity index (χ3n) is 3.70. The number of carbonyl (C=O) groups is 3. The van der Waals surface area contributed by atoms with Crippen LogP contribution in [0.5, 0.6) is 0 Å². The molecule has 0 bridgehead atoms. The monoisotopic (exact) mass is 294 g/mol. The molecule has 0 aliphatic heterocycles. The fraction of sp³-hybridized carbons (Fsp3) is 0.562. The number of ketones is 1. The van der Waals surface area contributed by atoms with Crippen LogP contribution in [0.4, 0.5) is 0 Å². The summed E-state index contributed by atoms with van der Waals surface area (Å²) in [7, 11) is 2.45. The molecule has 1 aliphatic carbocycles. The molecule has 0 aromatic carbocycles. The van der Waals surface area contributed by atoms with Gasteiger partial charge < -0.3 is 9.47 Å². The summed E-state index contributed by atoms with van der Waals surface area (Å²) in [4.78, 5) is 35.5. The number of rotatable bonds is 7. The van der Waals surface area contributed by atoms with E-state index in [4.69, 9.17) is 9.47 Å². The molecule has 0 radical (unpaired) electrons. The number of methoxy groups -OCH3 is 2. The summed E-state index contributed by atoms with van der Waals surface area (Å²) in [6.07, 6.45) is 5.28. The molecular weight excluding hydrogens is 272 g/mol. The second-order valence-corrected chi connectivity index (χ2v) is 5.43. The van der Waals surface area contributed by atoms with Gasteiger partial charge in [-0.05, 0) is 26.2 Å². The summed E-state index contributed by atoms with van der Waals surface area (Å²) in [5, 5.41) is 0. The van der Waals surface area contributed by atoms with Crippen molar-refractivity contribution in [3.8, 4) is 0 Å². The summed E-state index contributed by atoms with van der Waals surface area (Å²) in [6.45, 7) is 5.48. The molecule has 116 valence electrons. The summed E-state index contributed by atoms with van der Waals surface area (Å²) >= 11 is 0. The van der Waals surface area contributed by atoms with Crippen LogP contribution in [0.1, 0.15) is 32.6 Å². The predicted octanol–water partition coefficient (Wildman–Crippen LogP) is 2.21. The molecule has 0 spiro atoms. The van der Waals surface area contributed by atoms with Crippen LogP contribution in [-0.4, -0.2) is 31.9 Å². The minimum atomic E-state index is -1.53. The Balaban J connectivity index is 2.99. The van der Waals surface area contributed by atoms with Gasteiger partial charge in [0, 0.05) is 12.3 Å². The van der Waals surface area contributed by atoms with Crippen LogP contribution in [0.25, 0.3) is 0 Å². The van der Waals surface area contributed by atoms with Crippen LogP contribution in [0.2, 0.25) is 0 Å². The molecule has 0 saturated heterocycles. The van der Waals surface area contributed by atoms with Crippen molar-refractivity contribution >= 4 is 17.7 Å². The Morgan fingerprint density at radius 2 is 1.90 bits per heavy atom. The lowest BCUT2D eigenvalue weighted by molar-refractivity contribution is -0.165. The van der Waals surface area contributed by atoms with Crippen molar-refractivity contribution in [2.75, 3.05) is 14.2 Å². The molecule has 5 heteroatoms. The lowest BCUT2D eigenvalue weighted by Gasteiger charge is -2.26. The van der Waals surface area contributed by atoms with Crippen LogP contribution in [0.3, 0.4) is 0 Å². The Morgan fingerprint density at radius 3 is 2.24 bits per heavy atom. The van der Waals surface area contributed by atoms with Gasteiger partial charge in [0.1, 0.15) is 5.78 Å². The van der Waals surface area contributed by atoms with Crippen molar-refractivity contribution in [2.45, 2.75) is 32.6 Å².